The van der Waals surface area contributed by atoms with Crippen molar-refractivity contribution in [1.82, 2.24) is 10.2 Å². The lowest BCUT2D eigenvalue weighted by Gasteiger charge is -2.20. The Morgan fingerprint density at radius 3 is 2.06 bits per heavy atom. The summed E-state index contributed by atoms with van der Waals surface area (Å²) in [7, 11) is 1.47. The summed E-state index contributed by atoms with van der Waals surface area (Å²) in [5.74, 6) is -1.19. The number of carbonyl (C=O) groups is 3. The highest BCUT2D eigenvalue weighted by molar-refractivity contribution is 6.22. The fraction of sp³-hybridized carbons (Fsp3) is 0.250. The first-order valence-corrected chi connectivity index (χ1v) is 5.26. The third-order valence-electron chi connectivity index (χ3n) is 2.84. The van der Waals surface area contributed by atoms with Crippen molar-refractivity contribution in [2.75, 3.05) is 7.05 Å². The third kappa shape index (κ3) is 1.60. The Kier molecular flexibility index (Phi) is 2.67. The summed E-state index contributed by atoms with van der Waals surface area (Å²) in [6, 6.07) is 5.77. The molecular formula is C12H12N2O3. The lowest BCUT2D eigenvalue weighted by molar-refractivity contribution is -0.124. The summed E-state index contributed by atoms with van der Waals surface area (Å²) in [5.41, 5.74) is 0.710. The van der Waals surface area contributed by atoms with Gasteiger partial charge in [0.2, 0.25) is 5.91 Å². The van der Waals surface area contributed by atoms with E-state index in [-0.39, 0.29) is 5.91 Å². The highest BCUT2D eigenvalue weighted by Crippen LogP contribution is 2.24. The van der Waals surface area contributed by atoms with Crippen molar-refractivity contribution < 1.29 is 14.4 Å². The van der Waals surface area contributed by atoms with Gasteiger partial charge in [-0.2, -0.15) is 0 Å². The third-order valence-corrected chi connectivity index (χ3v) is 2.84. The summed E-state index contributed by atoms with van der Waals surface area (Å²) in [6.45, 7) is 1.53. The molecule has 0 aliphatic carbocycles. The molecule has 0 saturated heterocycles. The Morgan fingerprint density at radius 2 is 1.65 bits per heavy atom. The van der Waals surface area contributed by atoms with Gasteiger partial charge in [-0.15, -0.1) is 0 Å². The molecule has 3 amide bonds. The molecule has 5 heteroatoms. The molecule has 0 radical (unpaired) electrons. The molecule has 0 fully saturated rings. The molecule has 1 aromatic carbocycles. The number of imide groups is 1. The summed E-state index contributed by atoms with van der Waals surface area (Å²) in [5, 5.41) is 2.42. The van der Waals surface area contributed by atoms with Gasteiger partial charge in [-0.1, -0.05) is 12.1 Å². The molecular weight excluding hydrogens is 220 g/mol. The van der Waals surface area contributed by atoms with Gasteiger partial charge in [0.1, 0.15) is 6.04 Å². The second kappa shape index (κ2) is 4.01. The first-order chi connectivity index (χ1) is 8.07. The van der Waals surface area contributed by atoms with Crippen LogP contribution in [0.25, 0.3) is 0 Å². The Balaban J connectivity index is 2.40. The highest BCUT2D eigenvalue weighted by atomic mass is 16.2. The fourth-order valence-electron chi connectivity index (χ4n) is 1.89. The smallest absolute Gasteiger partial charge is 0.262 e. The van der Waals surface area contributed by atoms with Gasteiger partial charge in [0.25, 0.3) is 11.8 Å². The van der Waals surface area contributed by atoms with Crippen LogP contribution in [0.1, 0.15) is 27.6 Å². The number of nitrogens with one attached hydrogen (secondary N) is 1. The molecule has 1 aliphatic heterocycles. The Morgan fingerprint density at radius 1 is 1.18 bits per heavy atom. The predicted molar refractivity (Wildman–Crippen MR) is 60.5 cm³/mol. The number of hydrogen-bond donors (Lipinski definition) is 1. The molecule has 1 aliphatic rings. The van der Waals surface area contributed by atoms with Crippen LogP contribution in [-0.4, -0.2) is 35.7 Å². The summed E-state index contributed by atoms with van der Waals surface area (Å²) in [6.07, 6.45) is 0. The first-order valence-electron chi connectivity index (χ1n) is 5.26. The van der Waals surface area contributed by atoms with E-state index in [1.54, 1.807) is 24.3 Å². The van der Waals surface area contributed by atoms with Crippen LogP contribution in [0.5, 0.6) is 0 Å². The number of nitrogens with zero attached hydrogens (tertiary/aromatic N) is 1. The summed E-state index contributed by atoms with van der Waals surface area (Å²) in [4.78, 5) is 36.5. The second-order valence-corrected chi connectivity index (χ2v) is 3.82. The van der Waals surface area contributed by atoms with E-state index in [0.717, 1.165) is 4.90 Å². The van der Waals surface area contributed by atoms with E-state index in [1.807, 2.05) is 0 Å². The van der Waals surface area contributed by atoms with Crippen LogP contribution in [-0.2, 0) is 4.79 Å². The number of amides is 3. The predicted octanol–water partition coefficient (Wildman–Crippen LogP) is 0.417. The lowest BCUT2D eigenvalue weighted by Crippen LogP contribution is -2.46. The highest BCUT2D eigenvalue weighted by Gasteiger charge is 2.40. The van der Waals surface area contributed by atoms with Gasteiger partial charge in [0, 0.05) is 7.05 Å². The second-order valence-electron chi connectivity index (χ2n) is 3.82. The van der Waals surface area contributed by atoms with Crippen molar-refractivity contribution in [3.05, 3.63) is 35.4 Å². The molecule has 1 aromatic rings. The van der Waals surface area contributed by atoms with Gasteiger partial charge < -0.3 is 5.32 Å². The first kappa shape index (κ1) is 11.3. The van der Waals surface area contributed by atoms with Crippen molar-refractivity contribution in [1.29, 1.82) is 0 Å². The summed E-state index contributed by atoms with van der Waals surface area (Å²) >= 11 is 0. The van der Waals surface area contributed by atoms with Gasteiger partial charge in [0.15, 0.2) is 0 Å². The van der Waals surface area contributed by atoms with Gasteiger partial charge in [0.05, 0.1) is 11.1 Å². The standard InChI is InChI=1S/C12H12N2O3/c1-7(10(15)13-2)14-11(16)8-5-3-4-6-9(8)12(14)17/h3-7H,1-2H3,(H,13,15)/t7-/m0/s1. The molecule has 5 nitrogen and oxygen atoms in total. The van der Waals surface area contributed by atoms with Gasteiger partial charge in [-0.25, -0.2) is 0 Å². The zero-order valence-electron chi connectivity index (χ0n) is 9.56. The maximum atomic E-state index is 12.0. The molecule has 17 heavy (non-hydrogen) atoms. The quantitative estimate of drug-likeness (QED) is 0.751. The zero-order valence-corrected chi connectivity index (χ0v) is 9.56. The minimum Gasteiger partial charge on any atom is -0.357 e. The number of benzene rings is 1. The minimum atomic E-state index is -0.799. The zero-order chi connectivity index (χ0) is 12.6. The van der Waals surface area contributed by atoms with Crippen molar-refractivity contribution in [2.45, 2.75) is 13.0 Å². The molecule has 0 aromatic heterocycles. The largest absolute Gasteiger partial charge is 0.357 e. The van der Waals surface area contributed by atoms with E-state index in [9.17, 15) is 14.4 Å². The SMILES string of the molecule is CNC(=O)[C@H](C)N1C(=O)c2ccccc2C1=O. The van der Waals surface area contributed by atoms with Crippen molar-refractivity contribution in [2.24, 2.45) is 0 Å². The molecule has 1 atom stereocenters. The van der Waals surface area contributed by atoms with E-state index in [0.29, 0.717) is 11.1 Å². The number of hydrogen-bond acceptors (Lipinski definition) is 3. The molecule has 0 unspecified atom stereocenters. The molecule has 2 rings (SSSR count). The average Bonchev–Trinajstić information content (AvgIpc) is 2.61. The van der Waals surface area contributed by atoms with Gasteiger partial charge in [-0.05, 0) is 19.1 Å². The number of likely N-dealkylation sites (N-methyl/N-ethyl adjacent to an activating group) is 1. The normalized spacial score (nSPS) is 15.8. The Hall–Kier alpha value is -2.17. The van der Waals surface area contributed by atoms with Crippen LogP contribution in [0.4, 0.5) is 0 Å². The van der Waals surface area contributed by atoms with E-state index in [1.165, 1.54) is 14.0 Å². The molecule has 0 saturated carbocycles. The van der Waals surface area contributed by atoms with Crippen LogP contribution < -0.4 is 5.32 Å². The van der Waals surface area contributed by atoms with Crippen LogP contribution in [0.2, 0.25) is 0 Å². The molecule has 1 heterocycles. The Labute approximate surface area is 98.4 Å². The monoisotopic (exact) mass is 232 g/mol. The summed E-state index contributed by atoms with van der Waals surface area (Å²) < 4.78 is 0. The van der Waals surface area contributed by atoms with Crippen LogP contribution in [0.3, 0.4) is 0 Å². The van der Waals surface area contributed by atoms with E-state index < -0.39 is 17.9 Å². The van der Waals surface area contributed by atoms with Crippen molar-refractivity contribution in [3.8, 4) is 0 Å². The number of carbonyl (C=O) groups excluding carboxylic acids is 3. The Bertz CT molecular complexity index is 475. The molecule has 1 N–H and O–H groups in total. The van der Waals surface area contributed by atoms with Crippen molar-refractivity contribution in [3.63, 3.8) is 0 Å². The molecule has 0 bridgehead atoms. The van der Waals surface area contributed by atoms with Crippen LogP contribution in [0.15, 0.2) is 24.3 Å². The van der Waals surface area contributed by atoms with Gasteiger partial charge >= 0.3 is 0 Å². The van der Waals surface area contributed by atoms with Crippen molar-refractivity contribution >= 4 is 17.7 Å². The lowest BCUT2D eigenvalue weighted by atomic mass is 10.1. The average molecular weight is 232 g/mol. The van der Waals surface area contributed by atoms with Crippen LogP contribution >= 0.6 is 0 Å². The van der Waals surface area contributed by atoms with Gasteiger partial charge in [-0.3, -0.25) is 19.3 Å². The fourth-order valence-corrected chi connectivity index (χ4v) is 1.89. The molecule has 88 valence electrons. The van der Waals surface area contributed by atoms with E-state index >= 15 is 0 Å². The number of fused-ring (bicyclic) bond motifs is 1. The topological polar surface area (TPSA) is 66.5 Å². The van der Waals surface area contributed by atoms with Crippen LogP contribution in [0, 0.1) is 0 Å². The van der Waals surface area contributed by atoms with E-state index in [4.69, 9.17) is 0 Å². The molecule has 0 spiro atoms. The number of rotatable bonds is 2. The van der Waals surface area contributed by atoms with E-state index in [2.05, 4.69) is 5.32 Å². The minimum absolute atomic E-state index is 0.355. The maximum absolute atomic E-state index is 12.0. The maximum Gasteiger partial charge on any atom is 0.262 e.